The molecular weight excluding hydrogens is 328 g/mol. The van der Waals surface area contributed by atoms with E-state index in [4.69, 9.17) is 10.00 Å². The second-order valence-electron chi connectivity index (χ2n) is 4.85. The van der Waals surface area contributed by atoms with Crippen LogP contribution in [0.3, 0.4) is 0 Å². The number of ether oxygens (including phenoxy) is 1. The third-order valence-electron chi connectivity index (χ3n) is 3.03. The zero-order valence-electron chi connectivity index (χ0n) is 11.8. The van der Waals surface area contributed by atoms with Gasteiger partial charge in [-0.15, -0.1) is 0 Å². The highest BCUT2D eigenvalue weighted by atomic mass is 79.9. The van der Waals surface area contributed by atoms with Crippen LogP contribution in [0.4, 0.5) is 5.69 Å². The smallest absolute Gasteiger partial charge is 0.174 e. The van der Waals surface area contributed by atoms with Crippen molar-refractivity contribution in [3.05, 3.63) is 58.6 Å². The minimum Gasteiger partial charge on any atom is -0.479 e. The zero-order valence-corrected chi connectivity index (χ0v) is 13.4. The molecule has 1 N–H and O–H groups in total. The lowest BCUT2D eigenvalue weighted by Gasteiger charge is -2.15. The molecule has 1 atom stereocenters. The lowest BCUT2D eigenvalue weighted by atomic mass is 10.1. The molecule has 0 bridgehead atoms. The normalized spacial score (nSPS) is 11.5. The number of anilines is 1. The Balaban J connectivity index is 1.88. The maximum Gasteiger partial charge on any atom is 0.174 e. The lowest BCUT2D eigenvalue weighted by molar-refractivity contribution is 0.368. The number of nitrogens with one attached hydrogen (secondary N) is 1. The molecule has 2 rings (SSSR count). The van der Waals surface area contributed by atoms with Gasteiger partial charge in [0, 0.05) is 16.2 Å². The predicted octanol–water partition coefficient (Wildman–Crippen LogP) is 4.39. The summed E-state index contributed by atoms with van der Waals surface area (Å²) in [6.45, 7) is 2.23. The summed E-state index contributed by atoms with van der Waals surface area (Å²) in [6, 6.07) is 18.3. The highest BCUT2D eigenvalue weighted by Crippen LogP contribution is 2.18. The van der Waals surface area contributed by atoms with Crippen molar-refractivity contribution in [2.24, 2.45) is 0 Å². The molecule has 0 saturated heterocycles. The van der Waals surface area contributed by atoms with Gasteiger partial charge in [-0.05, 0) is 55.3 Å². The van der Waals surface area contributed by atoms with Crippen molar-refractivity contribution in [3.63, 3.8) is 0 Å². The van der Waals surface area contributed by atoms with Gasteiger partial charge in [0.15, 0.2) is 6.61 Å². The summed E-state index contributed by atoms with van der Waals surface area (Å²) >= 11 is 3.44. The van der Waals surface area contributed by atoms with Crippen molar-refractivity contribution >= 4 is 21.6 Å². The van der Waals surface area contributed by atoms with E-state index in [1.807, 2.05) is 30.3 Å². The van der Waals surface area contributed by atoms with E-state index in [1.165, 1.54) is 5.56 Å². The topological polar surface area (TPSA) is 45.0 Å². The molecule has 0 amide bonds. The fourth-order valence-corrected chi connectivity index (χ4v) is 2.34. The van der Waals surface area contributed by atoms with E-state index in [2.05, 4.69) is 52.4 Å². The molecular formula is C17H17BrN2O. The Labute approximate surface area is 133 Å². The van der Waals surface area contributed by atoms with Crippen molar-refractivity contribution in [1.82, 2.24) is 0 Å². The van der Waals surface area contributed by atoms with Gasteiger partial charge >= 0.3 is 0 Å². The molecule has 0 aliphatic rings. The summed E-state index contributed by atoms with van der Waals surface area (Å²) in [4.78, 5) is 0. The summed E-state index contributed by atoms with van der Waals surface area (Å²) in [5.74, 6) is 0.711. The first-order valence-electron chi connectivity index (χ1n) is 6.78. The standard InChI is InChI=1S/C17H17BrN2O/c1-13(12-14-2-4-15(18)5-3-14)20-16-6-8-17(9-7-16)21-11-10-19/h2-9,13,20H,11-12H2,1H3. The Morgan fingerprint density at radius 1 is 1.14 bits per heavy atom. The van der Waals surface area contributed by atoms with Crippen LogP contribution in [0.5, 0.6) is 5.75 Å². The number of benzene rings is 2. The monoisotopic (exact) mass is 344 g/mol. The maximum atomic E-state index is 8.47. The molecule has 0 spiro atoms. The fourth-order valence-electron chi connectivity index (χ4n) is 2.07. The van der Waals surface area contributed by atoms with Crippen LogP contribution in [-0.4, -0.2) is 12.6 Å². The highest BCUT2D eigenvalue weighted by molar-refractivity contribution is 9.10. The number of nitrogens with zero attached hydrogens (tertiary/aromatic N) is 1. The van der Waals surface area contributed by atoms with E-state index < -0.39 is 0 Å². The van der Waals surface area contributed by atoms with Gasteiger partial charge in [-0.3, -0.25) is 0 Å². The van der Waals surface area contributed by atoms with Gasteiger partial charge in [0.05, 0.1) is 0 Å². The van der Waals surface area contributed by atoms with Crippen molar-refractivity contribution in [1.29, 1.82) is 5.26 Å². The van der Waals surface area contributed by atoms with Crippen LogP contribution in [-0.2, 0) is 6.42 Å². The molecule has 0 fully saturated rings. The first-order valence-corrected chi connectivity index (χ1v) is 7.57. The van der Waals surface area contributed by atoms with Gasteiger partial charge < -0.3 is 10.1 Å². The van der Waals surface area contributed by atoms with Crippen LogP contribution in [0.1, 0.15) is 12.5 Å². The van der Waals surface area contributed by atoms with E-state index in [0.29, 0.717) is 11.8 Å². The summed E-state index contributed by atoms with van der Waals surface area (Å²) in [5, 5.41) is 11.9. The third kappa shape index (κ3) is 5.13. The third-order valence-corrected chi connectivity index (χ3v) is 3.55. The molecule has 21 heavy (non-hydrogen) atoms. The van der Waals surface area contributed by atoms with Crippen molar-refractivity contribution < 1.29 is 4.74 Å². The number of hydrogen-bond donors (Lipinski definition) is 1. The van der Waals surface area contributed by atoms with Gasteiger partial charge in [-0.2, -0.15) is 5.26 Å². The molecule has 2 aromatic rings. The number of halogens is 1. The molecule has 0 aliphatic heterocycles. The van der Waals surface area contributed by atoms with E-state index >= 15 is 0 Å². The molecule has 0 aliphatic carbocycles. The number of nitriles is 1. The van der Waals surface area contributed by atoms with Crippen molar-refractivity contribution in [3.8, 4) is 11.8 Å². The van der Waals surface area contributed by atoms with E-state index in [0.717, 1.165) is 16.6 Å². The number of hydrogen-bond acceptors (Lipinski definition) is 3. The molecule has 0 radical (unpaired) electrons. The maximum absolute atomic E-state index is 8.47. The summed E-state index contributed by atoms with van der Waals surface area (Å²) in [6.07, 6.45) is 0.958. The Kier molecular flexibility index (Phi) is 5.65. The van der Waals surface area contributed by atoms with Crippen molar-refractivity contribution in [2.45, 2.75) is 19.4 Å². The minimum absolute atomic E-state index is 0.0761. The molecule has 2 aromatic carbocycles. The largest absolute Gasteiger partial charge is 0.479 e. The van der Waals surface area contributed by atoms with Gasteiger partial charge in [0.2, 0.25) is 0 Å². The predicted molar refractivity (Wildman–Crippen MR) is 88.5 cm³/mol. The van der Waals surface area contributed by atoms with E-state index in [9.17, 15) is 0 Å². The molecule has 0 saturated carbocycles. The highest BCUT2D eigenvalue weighted by Gasteiger charge is 2.04. The van der Waals surface area contributed by atoms with Gasteiger partial charge in [-0.1, -0.05) is 28.1 Å². The van der Waals surface area contributed by atoms with Crippen LogP contribution in [0.2, 0.25) is 0 Å². The lowest BCUT2D eigenvalue weighted by Crippen LogP contribution is -2.17. The Morgan fingerprint density at radius 2 is 1.81 bits per heavy atom. The SMILES string of the molecule is CC(Cc1ccc(Br)cc1)Nc1ccc(OCC#N)cc1. The number of rotatable bonds is 6. The van der Waals surface area contributed by atoms with Crippen LogP contribution in [0, 0.1) is 11.3 Å². The molecule has 0 heterocycles. The van der Waals surface area contributed by atoms with Crippen LogP contribution in [0.25, 0.3) is 0 Å². The molecule has 108 valence electrons. The van der Waals surface area contributed by atoms with E-state index in [-0.39, 0.29) is 6.61 Å². The average molecular weight is 345 g/mol. The van der Waals surface area contributed by atoms with Crippen LogP contribution < -0.4 is 10.1 Å². The average Bonchev–Trinajstić information content (AvgIpc) is 2.49. The summed E-state index contributed by atoms with van der Waals surface area (Å²) in [5.41, 5.74) is 2.34. The zero-order chi connectivity index (χ0) is 15.1. The minimum atomic E-state index is 0.0761. The Morgan fingerprint density at radius 3 is 2.43 bits per heavy atom. The summed E-state index contributed by atoms with van der Waals surface area (Å²) < 4.78 is 6.33. The molecule has 4 heteroatoms. The van der Waals surface area contributed by atoms with Crippen LogP contribution >= 0.6 is 15.9 Å². The second kappa shape index (κ2) is 7.70. The first-order chi connectivity index (χ1) is 10.2. The quantitative estimate of drug-likeness (QED) is 0.844. The molecule has 3 nitrogen and oxygen atoms in total. The first kappa shape index (κ1) is 15.4. The molecule has 1 unspecified atom stereocenters. The fraction of sp³-hybridized carbons (Fsp3) is 0.235. The summed E-state index contributed by atoms with van der Waals surface area (Å²) in [7, 11) is 0. The van der Waals surface area contributed by atoms with Gasteiger partial charge in [0.1, 0.15) is 11.8 Å². The Hall–Kier alpha value is -1.99. The van der Waals surface area contributed by atoms with E-state index in [1.54, 1.807) is 0 Å². The van der Waals surface area contributed by atoms with Crippen LogP contribution in [0.15, 0.2) is 53.0 Å². The van der Waals surface area contributed by atoms with Gasteiger partial charge in [-0.25, -0.2) is 0 Å². The molecule has 0 aromatic heterocycles. The van der Waals surface area contributed by atoms with Gasteiger partial charge in [0.25, 0.3) is 0 Å². The second-order valence-corrected chi connectivity index (χ2v) is 5.76. The Bertz CT molecular complexity index is 602. The van der Waals surface area contributed by atoms with Crippen molar-refractivity contribution in [2.75, 3.05) is 11.9 Å².